The Morgan fingerprint density at radius 1 is 0.778 bits per heavy atom. The number of phenols is 2. The van der Waals surface area contributed by atoms with E-state index >= 15 is 0 Å². The maximum Gasteiger partial charge on any atom is 0.327 e. The van der Waals surface area contributed by atoms with Gasteiger partial charge in [0.15, 0.2) is 0 Å². The minimum Gasteiger partial charge on any atom is -0.508 e. The first kappa shape index (κ1) is 28.5. The highest BCUT2D eigenvalue weighted by molar-refractivity contribution is 7.80. The van der Waals surface area contributed by atoms with E-state index in [1.54, 1.807) is 24.3 Å². The molecule has 12 heteroatoms. The summed E-state index contributed by atoms with van der Waals surface area (Å²) in [6.07, 6.45) is 0.186. The molecule has 4 unspecified atom stereocenters. The summed E-state index contributed by atoms with van der Waals surface area (Å²) in [5, 5.41) is 35.4. The summed E-state index contributed by atoms with van der Waals surface area (Å²) < 4.78 is 0. The van der Waals surface area contributed by atoms with Crippen LogP contribution in [0.3, 0.4) is 0 Å². The first-order valence-corrected chi connectivity index (χ1v) is 11.7. The fraction of sp³-hybridized carbons (Fsp3) is 0.333. The number of aromatic hydroxyl groups is 2. The third kappa shape index (κ3) is 8.78. The number of nitrogens with one attached hydrogen (secondary N) is 3. The zero-order valence-corrected chi connectivity index (χ0v) is 20.4. The van der Waals surface area contributed by atoms with Gasteiger partial charge in [-0.3, -0.25) is 14.4 Å². The highest BCUT2D eigenvalue weighted by Crippen LogP contribution is 2.13. The van der Waals surface area contributed by atoms with Crippen molar-refractivity contribution in [1.82, 2.24) is 16.0 Å². The van der Waals surface area contributed by atoms with Crippen molar-refractivity contribution in [2.24, 2.45) is 5.73 Å². The highest BCUT2D eigenvalue weighted by Gasteiger charge is 2.28. The fourth-order valence-electron chi connectivity index (χ4n) is 3.20. The zero-order valence-electron chi connectivity index (χ0n) is 19.5. The van der Waals surface area contributed by atoms with Crippen LogP contribution in [0.25, 0.3) is 0 Å². The molecule has 2 rings (SSSR count). The van der Waals surface area contributed by atoms with Crippen LogP contribution in [0.5, 0.6) is 11.5 Å². The molecule has 0 radical (unpaired) electrons. The van der Waals surface area contributed by atoms with Crippen LogP contribution >= 0.6 is 12.6 Å². The summed E-state index contributed by atoms with van der Waals surface area (Å²) in [7, 11) is 0. The molecule has 0 aliphatic rings. The minimum absolute atomic E-state index is 0.0298. The molecule has 0 aromatic heterocycles. The Morgan fingerprint density at radius 3 is 1.72 bits per heavy atom. The molecule has 194 valence electrons. The lowest BCUT2D eigenvalue weighted by Gasteiger charge is -2.23. The number of nitrogens with two attached hydrogens (primary N) is 1. The van der Waals surface area contributed by atoms with Gasteiger partial charge in [-0.25, -0.2) is 4.79 Å². The number of hydrogen-bond donors (Lipinski definition) is 8. The van der Waals surface area contributed by atoms with Gasteiger partial charge in [0, 0.05) is 12.2 Å². The lowest BCUT2D eigenvalue weighted by atomic mass is 10.0. The molecule has 0 spiro atoms. The van der Waals surface area contributed by atoms with Gasteiger partial charge in [0.1, 0.15) is 29.6 Å². The SMILES string of the molecule is CC(NC(=O)C(Cc1ccc(O)cc1)NC(=O)C(N)Cc1ccc(O)cc1)C(=O)NC(CS)C(=O)O. The average Bonchev–Trinajstić information content (AvgIpc) is 2.84. The van der Waals surface area contributed by atoms with Crippen molar-refractivity contribution in [3.05, 3.63) is 59.7 Å². The van der Waals surface area contributed by atoms with Crippen molar-refractivity contribution in [2.45, 2.75) is 43.9 Å². The second-order valence-corrected chi connectivity index (χ2v) is 8.59. The van der Waals surface area contributed by atoms with Gasteiger partial charge >= 0.3 is 5.97 Å². The van der Waals surface area contributed by atoms with Crippen molar-refractivity contribution >= 4 is 36.3 Å². The van der Waals surface area contributed by atoms with E-state index in [0.717, 1.165) is 0 Å². The van der Waals surface area contributed by atoms with Crippen molar-refractivity contribution < 1.29 is 34.5 Å². The third-order valence-corrected chi connectivity index (χ3v) is 5.65. The number of rotatable bonds is 12. The summed E-state index contributed by atoms with van der Waals surface area (Å²) in [6.45, 7) is 1.38. The Hall–Kier alpha value is -3.77. The monoisotopic (exact) mass is 518 g/mol. The van der Waals surface area contributed by atoms with E-state index in [2.05, 4.69) is 28.6 Å². The van der Waals surface area contributed by atoms with Crippen LogP contribution in [0.1, 0.15) is 18.1 Å². The number of carbonyl (C=O) groups is 4. The van der Waals surface area contributed by atoms with Crippen molar-refractivity contribution in [2.75, 3.05) is 5.75 Å². The van der Waals surface area contributed by atoms with Crippen molar-refractivity contribution in [3.8, 4) is 11.5 Å². The van der Waals surface area contributed by atoms with E-state index in [1.165, 1.54) is 31.2 Å². The van der Waals surface area contributed by atoms with Crippen LogP contribution in [0.4, 0.5) is 0 Å². The molecule has 8 N–H and O–H groups in total. The molecule has 0 aliphatic carbocycles. The van der Waals surface area contributed by atoms with Gasteiger partial charge in [-0.05, 0) is 48.7 Å². The smallest absolute Gasteiger partial charge is 0.327 e. The quantitative estimate of drug-likeness (QED) is 0.176. The Labute approximate surface area is 213 Å². The third-order valence-electron chi connectivity index (χ3n) is 5.29. The van der Waals surface area contributed by atoms with Crippen LogP contribution in [-0.2, 0) is 32.0 Å². The number of benzene rings is 2. The molecular weight excluding hydrogens is 488 g/mol. The predicted octanol–water partition coefficient (Wildman–Crippen LogP) is -0.301. The Kier molecular flexibility index (Phi) is 10.6. The van der Waals surface area contributed by atoms with Gasteiger partial charge in [-0.1, -0.05) is 24.3 Å². The lowest BCUT2D eigenvalue weighted by Crippen LogP contribution is -2.57. The molecular formula is C24H30N4O7S. The molecule has 0 heterocycles. The predicted molar refractivity (Wildman–Crippen MR) is 135 cm³/mol. The average molecular weight is 519 g/mol. The normalized spacial score (nSPS) is 14.1. The van der Waals surface area contributed by atoms with E-state index in [4.69, 9.17) is 10.8 Å². The summed E-state index contributed by atoms with van der Waals surface area (Å²) >= 11 is 3.89. The first-order chi connectivity index (χ1) is 17.0. The molecule has 2 aromatic carbocycles. The lowest BCUT2D eigenvalue weighted by molar-refractivity contribution is -0.141. The van der Waals surface area contributed by atoms with E-state index in [0.29, 0.717) is 11.1 Å². The second-order valence-electron chi connectivity index (χ2n) is 8.22. The maximum absolute atomic E-state index is 13.0. The molecule has 0 fully saturated rings. The highest BCUT2D eigenvalue weighted by atomic mass is 32.1. The van der Waals surface area contributed by atoms with Gasteiger partial charge in [0.2, 0.25) is 17.7 Å². The van der Waals surface area contributed by atoms with Gasteiger partial charge in [0.05, 0.1) is 6.04 Å². The van der Waals surface area contributed by atoms with Crippen LogP contribution in [0.2, 0.25) is 0 Å². The summed E-state index contributed by atoms with van der Waals surface area (Å²) in [4.78, 5) is 49.3. The summed E-state index contributed by atoms with van der Waals surface area (Å²) in [6, 6.07) is 7.75. The van der Waals surface area contributed by atoms with E-state index in [1.807, 2.05) is 0 Å². The topological polar surface area (TPSA) is 191 Å². The number of carbonyl (C=O) groups excluding carboxylic acids is 3. The number of carboxylic acid groups (broad SMARTS) is 1. The van der Waals surface area contributed by atoms with E-state index in [9.17, 15) is 29.4 Å². The standard InChI is InChI=1S/C24H30N4O7S/c1-13(21(31)28-20(12-36)24(34)35)26-23(33)19(11-15-4-8-17(30)9-5-15)27-22(32)18(25)10-14-2-6-16(29)7-3-14/h2-9,13,18-20,29-30,36H,10-12,25H2,1H3,(H,26,33)(H,27,32)(H,28,31)(H,34,35). The Bertz CT molecular complexity index is 1060. The number of thiol groups is 1. The largest absolute Gasteiger partial charge is 0.508 e. The van der Waals surface area contributed by atoms with Gasteiger partial charge < -0.3 is 37.0 Å². The molecule has 2 aromatic rings. The zero-order chi connectivity index (χ0) is 26.8. The molecule has 11 nitrogen and oxygen atoms in total. The van der Waals surface area contributed by atoms with Crippen LogP contribution in [-0.4, -0.2) is 68.9 Å². The Balaban J connectivity index is 2.11. The van der Waals surface area contributed by atoms with Gasteiger partial charge in [-0.15, -0.1) is 0 Å². The molecule has 4 atom stereocenters. The number of hydrogen-bond acceptors (Lipinski definition) is 8. The van der Waals surface area contributed by atoms with E-state index in [-0.39, 0.29) is 30.1 Å². The Morgan fingerprint density at radius 2 is 1.25 bits per heavy atom. The van der Waals surface area contributed by atoms with Crippen LogP contribution in [0, 0.1) is 0 Å². The molecule has 0 saturated heterocycles. The molecule has 0 aliphatic heterocycles. The van der Waals surface area contributed by atoms with E-state index < -0.39 is 47.9 Å². The molecule has 3 amide bonds. The summed E-state index contributed by atoms with van der Waals surface area (Å²) in [5.41, 5.74) is 7.36. The number of aliphatic carboxylic acids is 1. The molecule has 36 heavy (non-hydrogen) atoms. The maximum atomic E-state index is 13.0. The van der Waals surface area contributed by atoms with Crippen LogP contribution < -0.4 is 21.7 Å². The number of carboxylic acids is 1. The summed E-state index contributed by atoms with van der Waals surface area (Å²) in [5.74, 6) is -3.33. The molecule has 0 bridgehead atoms. The fourth-order valence-corrected chi connectivity index (χ4v) is 3.44. The number of amides is 3. The van der Waals surface area contributed by atoms with Crippen LogP contribution in [0.15, 0.2) is 48.5 Å². The second kappa shape index (κ2) is 13.4. The molecule has 0 saturated carbocycles. The van der Waals surface area contributed by atoms with Gasteiger partial charge in [0.25, 0.3) is 0 Å². The van der Waals surface area contributed by atoms with Gasteiger partial charge in [-0.2, -0.15) is 12.6 Å². The minimum atomic E-state index is -1.27. The number of phenolic OH excluding ortho intramolecular Hbond substituents is 2. The van der Waals surface area contributed by atoms with Crippen molar-refractivity contribution in [1.29, 1.82) is 0 Å². The van der Waals surface area contributed by atoms with Crippen molar-refractivity contribution in [3.63, 3.8) is 0 Å². The first-order valence-electron chi connectivity index (χ1n) is 11.1.